The Morgan fingerprint density at radius 1 is 0.647 bits per heavy atom. The first-order chi connectivity index (χ1) is 33.5. The summed E-state index contributed by atoms with van der Waals surface area (Å²) in [5.74, 6) is 0. The molecule has 3 heterocycles. The van der Waals surface area contributed by atoms with E-state index in [0.717, 1.165) is 38.5 Å². The minimum absolute atomic E-state index is 0.153. The highest BCUT2D eigenvalue weighted by atomic mass is 15.2. The first-order valence-electron chi connectivity index (χ1n) is 25.0. The summed E-state index contributed by atoms with van der Waals surface area (Å²) in [4.78, 5) is 5.51. The molecule has 328 valence electrons. The molecule has 0 amide bonds. The predicted octanol–water partition coefficient (Wildman–Crippen LogP) is 15.6. The van der Waals surface area contributed by atoms with Crippen LogP contribution in [-0.2, 0) is 17.3 Å². The van der Waals surface area contributed by atoms with Crippen LogP contribution >= 0.6 is 0 Å². The van der Waals surface area contributed by atoms with Crippen molar-refractivity contribution in [1.82, 2.24) is 0 Å². The number of hydrogen-bond acceptors (Lipinski definition) is 2. The van der Waals surface area contributed by atoms with Gasteiger partial charge in [-0.15, -0.1) is 6.58 Å². The van der Waals surface area contributed by atoms with Gasteiger partial charge >= 0.3 is 6.85 Å². The number of allylic oxidation sites excluding steroid dienone is 6. The topological polar surface area (TPSA) is 6.48 Å². The van der Waals surface area contributed by atoms with Crippen LogP contribution in [-0.4, -0.2) is 6.85 Å². The van der Waals surface area contributed by atoms with E-state index in [4.69, 9.17) is 0 Å². The summed E-state index contributed by atoms with van der Waals surface area (Å²) in [6, 6.07) is 62.9. The second-order valence-corrected chi connectivity index (χ2v) is 20.0. The standard InChI is InChI=1S/C65H55BN2/c1-5-7-23-43-37-39-55(51(41-43)44-24-12-9-13-25-44)67-56-40-38-53-60(49-32-20-21-34-52(49)64(53,3)4)61(56)66-62-57(67)42-45-26-18-19-31-48(45)59(62)50-33-22-35-54-63(50)68(66)58(36-8-6-2)65(54,46-27-14-10-15-28-46)47-29-16-11-17-30-47/h6,9-10,12-16,18-22,24-42H,2,5,7-8,11,17,23H2,1,3-4H3/b58-36-. The zero-order valence-electron chi connectivity index (χ0n) is 39.4. The number of para-hydroxylation sites is 1. The number of fused-ring (bicyclic) bond motifs is 10. The smallest absolute Gasteiger partial charge is 0.333 e. The van der Waals surface area contributed by atoms with E-state index in [2.05, 4.69) is 231 Å². The molecule has 1 atom stereocenters. The molecule has 0 radical (unpaired) electrons. The first kappa shape index (κ1) is 40.9. The monoisotopic (exact) mass is 874 g/mol. The Balaban J connectivity index is 1.22. The lowest BCUT2D eigenvalue weighted by Gasteiger charge is -2.47. The van der Waals surface area contributed by atoms with Crippen molar-refractivity contribution in [3.8, 4) is 33.4 Å². The number of nitrogens with zero attached hydrogens (tertiary/aromatic N) is 2. The summed E-state index contributed by atoms with van der Waals surface area (Å²) in [5, 5.41) is 2.55. The van der Waals surface area contributed by atoms with Crippen LogP contribution in [0.4, 0.5) is 22.7 Å². The van der Waals surface area contributed by atoms with E-state index in [1.807, 2.05) is 0 Å². The second kappa shape index (κ2) is 15.6. The third-order valence-corrected chi connectivity index (χ3v) is 16.0. The van der Waals surface area contributed by atoms with E-state index < -0.39 is 5.41 Å². The molecule has 0 saturated heterocycles. The lowest BCUT2D eigenvalue weighted by molar-refractivity contribution is 0.660. The Morgan fingerprint density at radius 2 is 1.38 bits per heavy atom. The molecule has 8 aromatic rings. The van der Waals surface area contributed by atoms with Crippen molar-refractivity contribution < 1.29 is 0 Å². The Hall–Kier alpha value is -7.36. The zero-order valence-corrected chi connectivity index (χ0v) is 39.4. The third kappa shape index (κ3) is 5.59. The van der Waals surface area contributed by atoms with E-state index in [0.29, 0.717) is 0 Å². The van der Waals surface area contributed by atoms with Gasteiger partial charge in [-0.1, -0.05) is 197 Å². The fourth-order valence-electron chi connectivity index (χ4n) is 13.2. The van der Waals surface area contributed by atoms with Gasteiger partial charge in [-0.25, -0.2) is 0 Å². The van der Waals surface area contributed by atoms with Gasteiger partial charge in [-0.3, -0.25) is 0 Å². The summed E-state index contributed by atoms with van der Waals surface area (Å²) in [6.07, 6.45) is 18.2. The second-order valence-electron chi connectivity index (χ2n) is 20.0. The van der Waals surface area contributed by atoms with E-state index in [9.17, 15) is 0 Å². The molecule has 5 aliphatic rings. The van der Waals surface area contributed by atoms with Gasteiger partial charge in [-0.2, -0.15) is 0 Å². The number of unbranched alkanes of at least 4 members (excludes halogenated alkanes) is 1. The lowest BCUT2D eigenvalue weighted by atomic mass is 9.42. The van der Waals surface area contributed by atoms with Gasteiger partial charge in [0.05, 0.1) is 11.1 Å². The summed E-state index contributed by atoms with van der Waals surface area (Å²) in [5.41, 5.74) is 24.3. The molecule has 68 heavy (non-hydrogen) atoms. The lowest BCUT2D eigenvalue weighted by Crippen LogP contribution is -2.63. The average Bonchev–Trinajstić information content (AvgIpc) is 3.82. The van der Waals surface area contributed by atoms with Gasteiger partial charge in [0.1, 0.15) is 0 Å². The van der Waals surface area contributed by atoms with Crippen molar-refractivity contribution in [2.45, 2.75) is 70.1 Å². The van der Waals surface area contributed by atoms with Gasteiger partial charge < -0.3 is 9.71 Å². The Labute approximate surface area is 402 Å². The molecule has 3 aliphatic heterocycles. The number of rotatable bonds is 9. The average molecular weight is 875 g/mol. The van der Waals surface area contributed by atoms with Gasteiger partial charge in [0, 0.05) is 39.3 Å². The number of anilines is 4. The fraction of sp³-hybridized carbons (Fsp3) is 0.169. The molecule has 0 spiro atoms. The van der Waals surface area contributed by atoms with E-state index in [-0.39, 0.29) is 12.3 Å². The molecule has 0 aromatic heterocycles. The normalized spacial score (nSPS) is 18.2. The van der Waals surface area contributed by atoms with Crippen LogP contribution in [0.2, 0.25) is 0 Å². The van der Waals surface area contributed by atoms with E-state index >= 15 is 0 Å². The van der Waals surface area contributed by atoms with Crippen LogP contribution in [0.15, 0.2) is 212 Å². The zero-order chi connectivity index (χ0) is 45.7. The minimum atomic E-state index is -0.564. The molecule has 0 bridgehead atoms. The molecule has 0 fully saturated rings. The molecule has 1 unspecified atom stereocenters. The Morgan fingerprint density at radius 3 is 2.19 bits per heavy atom. The van der Waals surface area contributed by atoms with Crippen LogP contribution in [0, 0.1) is 0 Å². The minimum Gasteiger partial charge on any atom is -0.378 e. The van der Waals surface area contributed by atoms with Crippen molar-refractivity contribution in [3.63, 3.8) is 0 Å². The molecular weight excluding hydrogens is 820 g/mol. The molecule has 0 N–H and O–H groups in total. The van der Waals surface area contributed by atoms with Crippen LogP contribution < -0.4 is 20.6 Å². The van der Waals surface area contributed by atoms with Crippen LogP contribution in [0.5, 0.6) is 0 Å². The SMILES string of the molecule is C=CC/C=C1\N2B3c4c(ccc5c4-c4ccccc4C5(C)C)N(c4ccc(CCCC)cc4-c4ccccc4)c4cc5ccccc5c(c43)-c3cccc(c32)C1(C1=CCCC=C1)c1ccccc1. The highest BCUT2D eigenvalue weighted by molar-refractivity contribution is 6.94. The quantitative estimate of drug-likeness (QED) is 0.105. The molecule has 0 saturated carbocycles. The van der Waals surface area contributed by atoms with Crippen LogP contribution in [0.1, 0.15) is 80.7 Å². The van der Waals surface area contributed by atoms with Gasteiger partial charge in [-0.05, 0) is 134 Å². The molecule has 13 rings (SSSR count). The Kier molecular flexibility index (Phi) is 9.38. The fourth-order valence-corrected chi connectivity index (χ4v) is 13.2. The third-order valence-electron chi connectivity index (χ3n) is 16.0. The summed E-state index contributed by atoms with van der Waals surface area (Å²) in [7, 11) is 0. The largest absolute Gasteiger partial charge is 0.378 e. The maximum Gasteiger partial charge on any atom is 0.333 e. The van der Waals surface area contributed by atoms with E-state index in [1.54, 1.807) is 0 Å². The summed E-state index contributed by atoms with van der Waals surface area (Å²) >= 11 is 0. The molecule has 8 aromatic carbocycles. The number of aryl methyl sites for hydroxylation is 1. The van der Waals surface area contributed by atoms with Crippen molar-refractivity contribution in [2.75, 3.05) is 9.71 Å². The van der Waals surface area contributed by atoms with Gasteiger partial charge in [0.25, 0.3) is 0 Å². The van der Waals surface area contributed by atoms with E-state index in [1.165, 1.54) is 117 Å². The van der Waals surface area contributed by atoms with Gasteiger partial charge in [0.2, 0.25) is 0 Å². The summed E-state index contributed by atoms with van der Waals surface area (Å²) < 4.78 is 0. The molecule has 2 aliphatic carbocycles. The van der Waals surface area contributed by atoms with Crippen molar-refractivity contribution in [3.05, 3.63) is 240 Å². The molecular formula is C65H55BN2. The van der Waals surface area contributed by atoms with Crippen LogP contribution in [0.25, 0.3) is 44.2 Å². The summed E-state index contributed by atoms with van der Waals surface area (Å²) in [6.45, 7) is 11.4. The van der Waals surface area contributed by atoms with Crippen molar-refractivity contribution >= 4 is 51.3 Å². The maximum absolute atomic E-state index is 4.35. The highest BCUT2D eigenvalue weighted by Gasteiger charge is 2.59. The Bertz CT molecular complexity index is 3480. The molecule has 3 heteroatoms. The van der Waals surface area contributed by atoms with Crippen molar-refractivity contribution in [2.24, 2.45) is 0 Å². The van der Waals surface area contributed by atoms with Gasteiger partial charge in [0.15, 0.2) is 0 Å². The maximum atomic E-state index is 4.35. The first-order valence-corrected chi connectivity index (χ1v) is 25.0. The predicted molar refractivity (Wildman–Crippen MR) is 290 cm³/mol. The van der Waals surface area contributed by atoms with Crippen LogP contribution in [0.3, 0.4) is 0 Å². The highest BCUT2D eigenvalue weighted by Crippen LogP contribution is 2.63. The molecule has 2 nitrogen and oxygen atoms in total. The number of hydrogen-bond donors (Lipinski definition) is 0. The number of benzene rings is 8. The van der Waals surface area contributed by atoms with Crippen molar-refractivity contribution in [1.29, 1.82) is 0 Å².